The number of hydrogen-bond donors (Lipinski definition) is 3. The number of carbonyl (C=O) groups is 2. The van der Waals surface area contributed by atoms with Crippen LogP contribution in [0, 0.1) is 0 Å². The highest BCUT2D eigenvalue weighted by Crippen LogP contribution is 2.21. The third-order valence-corrected chi connectivity index (χ3v) is 4.40. The summed E-state index contributed by atoms with van der Waals surface area (Å²) in [5.74, 6) is -1.47. The number of carboxylic acids is 1. The van der Waals surface area contributed by atoms with E-state index in [0.717, 1.165) is 10.8 Å². The van der Waals surface area contributed by atoms with Gasteiger partial charge < -0.3 is 10.4 Å². The quantitative estimate of drug-likeness (QED) is 0.537. The maximum absolute atomic E-state index is 12.4. The third kappa shape index (κ3) is 4.07. The maximum atomic E-state index is 12.4. The third-order valence-electron chi connectivity index (χ3n) is 3.70. The number of anilines is 1. The number of amides is 1. The van der Waals surface area contributed by atoms with Crippen LogP contribution in [0.2, 0.25) is 0 Å². The predicted molar refractivity (Wildman–Crippen MR) is 109 cm³/mol. The minimum Gasteiger partial charge on any atom is -0.478 e. The predicted octanol–water partition coefficient (Wildman–Crippen LogP) is 4.43. The van der Waals surface area contributed by atoms with Crippen LogP contribution >= 0.6 is 28.1 Å². The van der Waals surface area contributed by atoms with E-state index in [9.17, 15) is 14.7 Å². The van der Waals surface area contributed by atoms with Gasteiger partial charge in [0.1, 0.15) is 0 Å². The molecule has 1 amide bonds. The number of halogens is 1. The van der Waals surface area contributed by atoms with Crippen LogP contribution in [0.3, 0.4) is 0 Å². The van der Waals surface area contributed by atoms with Crippen molar-refractivity contribution in [1.82, 2.24) is 5.32 Å². The van der Waals surface area contributed by atoms with Crippen molar-refractivity contribution in [3.63, 3.8) is 0 Å². The van der Waals surface area contributed by atoms with Gasteiger partial charge in [0.25, 0.3) is 5.91 Å². The molecule has 3 aromatic carbocycles. The standard InChI is InChI=1S/C19H13BrN2O3S/c20-14-7-8-16(15(10-14)18(24)25)21-19(26)22-17(23)13-6-5-11-3-1-2-4-12(11)9-13/h1-10H,(H,24,25)(H2,21,22,23,26). The lowest BCUT2D eigenvalue weighted by atomic mass is 10.1. The Kier molecular flexibility index (Phi) is 5.29. The van der Waals surface area contributed by atoms with Crippen LogP contribution in [0.25, 0.3) is 10.8 Å². The number of rotatable bonds is 3. The summed E-state index contributed by atoms with van der Waals surface area (Å²) in [6.45, 7) is 0. The largest absolute Gasteiger partial charge is 0.478 e. The van der Waals surface area contributed by atoms with E-state index in [1.165, 1.54) is 6.07 Å². The van der Waals surface area contributed by atoms with Gasteiger partial charge in [0.15, 0.2) is 5.11 Å². The summed E-state index contributed by atoms with van der Waals surface area (Å²) in [5, 5.41) is 16.6. The average Bonchev–Trinajstić information content (AvgIpc) is 2.62. The molecule has 7 heteroatoms. The summed E-state index contributed by atoms with van der Waals surface area (Å²) in [4.78, 5) is 23.7. The summed E-state index contributed by atoms with van der Waals surface area (Å²) in [5.41, 5.74) is 0.799. The first-order valence-corrected chi connectivity index (χ1v) is 8.78. The van der Waals surface area contributed by atoms with Gasteiger partial charge >= 0.3 is 5.97 Å². The van der Waals surface area contributed by atoms with Gasteiger partial charge in [-0.15, -0.1) is 0 Å². The van der Waals surface area contributed by atoms with Crippen molar-refractivity contribution in [3.8, 4) is 0 Å². The topological polar surface area (TPSA) is 78.4 Å². The molecule has 0 aromatic heterocycles. The number of benzene rings is 3. The molecule has 0 heterocycles. The number of thiocarbonyl (C=S) groups is 1. The molecule has 0 aliphatic heterocycles. The Bertz CT molecular complexity index is 1040. The molecule has 0 saturated carbocycles. The van der Waals surface area contributed by atoms with E-state index < -0.39 is 5.97 Å². The molecule has 0 aliphatic carbocycles. The van der Waals surface area contributed by atoms with Gasteiger partial charge in [-0.3, -0.25) is 10.1 Å². The summed E-state index contributed by atoms with van der Waals surface area (Å²) in [7, 11) is 0. The molecule has 0 unspecified atom stereocenters. The average molecular weight is 429 g/mol. The smallest absolute Gasteiger partial charge is 0.337 e. The maximum Gasteiger partial charge on any atom is 0.337 e. The SMILES string of the molecule is O=C(NC(=S)Nc1ccc(Br)cc1C(=O)O)c1ccc2ccccc2c1. The minimum absolute atomic E-state index is 0.0213. The molecule has 0 atom stereocenters. The Morgan fingerprint density at radius 1 is 0.962 bits per heavy atom. The van der Waals surface area contributed by atoms with E-state index in [1.54, 1.807) is 24.3 Å². The second kappa shape index (κ2) is 7.63. The van der Waals surface area contributed by atoms with Crippen LogP contribution in [-0.2, 0) is 0 Å². The number of carboxylic acid groups (broad SMARTS) is 1. The van der Waals surface area contributed by atoms with Crippen molar-refractivity contribution in [1.29, 1.82) is 0 Å². The summed E-state index contributed by atoms with van der Waals surface area (Å²) in [6.07, 6.45) is 0. The normalized spacial score (nSPS) is 10.3. The van der Waals surface area contributed by atoms with Crippen LogP contribution in [0.5, 0.6) is 0 Å². The Hall–Kier alpha value is -2.77. The number of aromatic carboxylic acids is 1. The van der Waals surface area contributed by atoms with Gasteiger partial charge in [0, 0.05) is 10.0 Å². The monoisotopic (exact) mass is 428 g/mol. The van der Waals surface area contributed by atoms with E-state index in [0.29, 0.717) is 15.7 Å². The summed E-state index contributed by atoms with van der Waals surface area (Å²) in [6, 6.07) is 17.8. The first-order valence-electron chi connectivity index (χ1n) is 7.58. The molecule has 0 saturated heterocycles. The molecule has 5 nitrogen and oxygen atoms in total. The Morgan fingerprint density at radius 2 is 1.69 bits per heavy atom. The van der Waals surface area contributed by atoms with Gasteiger partial charge in [-0.25, -0.2) is 4.79 Å². The van der Waals surface area contributed by atoms with Crippen molar-refractivity contribution in [2.45, 2.75) is 0 Å². The van der Waals surface area contributed by atoms with Crippen molar-refractivity contribution >= 4 is 61.6 Å². The fourth-order valence-corrected chi connectivity index (χ4v) is 3.03. The van der Waals surface area contributed by atoms with Crippen LogP contribution in [0.4, 0.5) is 5.69 Å². The highest BCUT2D eigenvalue weighted by atomic mass is 79.9. The highest BCUT2D eigenvalue weighted by Gasteiger charge is 2.14. The summed E-state index contributed by atoms with van der Waals surface area (Å²) >= 11 is 8.37. The van der Waals surface area contributed by atoms with Crippen molar-refractivity contribution in [2.75, 3.05) is 5.32 Å². The molecular formula is C19H13BrN2O3S. The number of nitrogens with one attached hydrogen (secondary N) is 2. The lowest BCUT2D eigenvalue weighted by molar-refractivity contribution is 0.0697. The molecule has 3 N–H and O–H groups in total. The van der Waals surface area contributed by atoms with Crippen molar-refractivity contribution in [2.24, 2.45) is 0 Å². The van der Waals surface area contributed by atoms with Crippen LogP contribution < -0.4 is 10.6 Å². The zero-order valence-electron chi connectivity index (χ0n) is 13.3. The van der Waals surface area contributed by atoms with Gasteiger partial charge in [-0.1, -0.05) is 46.3 Å². The molecule has 3 aromatic rings. The molecule has 3 rings (SSSR count). The second-order valence-corrected chi connectivity index (χ2v) is 6.79. The zero-order chi connectivity index (χ0) is 18.7. The second-order valence-electron chi connectivity index (χ2n) is 5.47. The van der Waals surface area contributed by atoms with Crippen LogP contribution in [0.1, 0.15) is 20.7 Å². The first-order chi connectivity index (χ1) is 12.4. The minimum atomic E-state index is -1.10. The van der Waals surface area contributed by atoms with Gasteiger partial charge in [-0.05, 0) is 53.3 Å². The molecule has 0 bridgehead atoms. The van der Waals surface area contributed by atoms with Crippen LogP contribution in [-0.4, -0.2) is 22.1 Å². The van der Waals surface area contributed by atoms with E-state index in [2.05, 4.69) is 26.6 Å². The number of fused-ring (bicyclic) bond motifs is 1. The Labute approximate surface area is 163 Å². The molecule has 0 radical (unpaired) electrons. The zero-order valence-corrected chi connectivity index (χ0v) is 15.7. The lowest BCUT2D eigenvalue weighted by Gasteiger charge is -2.12. The lowest BCUT2D eigenvalue weighted by Crippen LogP contribution is -2.34. The molecule has 130 valence electrons. The van der Waals surface area contributed by atoms with E-state index in [4.69, 9.17) is 12.2 Å². The Morgan fingerprint density at radius 3 is 2.42 bits per heavy atom. The fraction of sp³-hybridized carbons (Fsp3) is 0. The van der Waals surface area contributed by atoms with Crippen molar-refractivity contribution in [3.05, 3.63) is 76.3 Å². The first kappa shape index (κ1) is 18.0. The Balaban J connectivity index is 1.75. The molecule has 26 heavy (non-hydrogen) atoms. The molecule has 0 fully saturated rings. The van der Waals surface area contributed by atoms with Crippen LogP contribution in [0.15, 0.2) is 65.1 Å². The number of hydrogen-bond acceptors (Lipinski definition) is 3. The number of carbonyl (C=O) groups excluding carboxylic acids is 1. The molecule has 0 spiro atoms. The van der Waals surface area contributed by atoms with Gasteiger partial charge in [0.05, 0.1) is 11.3 Å². The fourth-order valence-electron chi connectivity index (χ4n) is 2.46. The van der Waals surface area contributed by atoms with E-state index in [1.807, 2.05) is 30.3 Å². The van der Waals surface area contributed by atoms with Gasteiger partial charge in [-0.2, -0.15) is 0 Å². The van der Waals surface area contributed by atoms with E-state index in [-0.39, 0.29) is 16.6 Å². The molecular weight excluding hydrogens is 416 g/mol. The molecule has 0 aliphatic rings. The highest BCUT2D eigenvalue weighted by molar-refractivity contribution is 9.10. The van der Waals surface area contributed by atoms with E-state index >= 15 is 0 Å². The van der Waals surface area contributed by atoms with Crippen molar-refractivity contribution < 1.29 is 14.7 Å². The van der Waals surface area contributed by atoms with Gasteiger partial charge in [0.2, 0.25) is 0 Å². The summed E-state index contributed by atoms with van der Waals surface area (Å²) < 4.78 is 0.631.